The molecule has 1 fully saturated rings. The van der Waals surface area contributed by atoms with E-state index in [1.54, 1.807) is 60.7 Å². The van der Waals surface area contributed by atoms with E-state index in [1.807, 2.05) is 4.90 Å². The van der Waals surface area contributed by atoms with Crippen molar-refractivity contribution in [2.75, 3.05) is 30.3 Å². The second-order valence-electron chi connectivity index (χ2n) is 7.73. The molecule has 1 aromatic heterocycles. The SMILES string of the molecule is O=C(COc1cccc(NC(=O)c2ccco2)c1)Nc1cccc(C(=O)N2CCCCC2)c1. The van der Waals surface area contributed by atoms with Gasteiger partial charge in [0.15, 0.2) is 12.4 Å². The number of benzene rings is 2. The van der Waals surface area contributed by atoms with Gasteiger partial charge in [-0.3, -0.25) is 14.4 Å². The molecular formula is C25H25N3O5. The van der Waals surface area contributed by atoms with Gasteiger partial charge in [-0.1, -0.05) is 12.1 Å². The molecule has 4 rings (SSSR count). The van der Waals surface area contributed by atoms with Crippen LogP contribution in [-0.4, -0.2) is 42.3 Å². The van der Waals surface area contributed by atoms with Crippen LogP contribution in [0.2, 0.25) is 0 Å². The minimum atomic E-state index is -0.381. The van der Waals surface area contributed by atoms with Crippen molar-refractivity contribution in [3.05, 3.63) is 78.3 Å². The summed E-state index contributed by atoms with van der Waals surface area (Å²) in [6, 6.07) is 16.8. The highest BCUT2D eigenvalue weighted by Gasteiger charge is 2.18. The van der Waals surface area contributed by atoms with Gasteiger partial charge in [-0.05, 0) is 61.7 Å². The first kappa shape index (κ1) is 22.1. The maximum atomic E-state index is 12.7. The Bertz CT molecular complexity index is 1120. The third-order valence-corrected chi connectivity index (χ3v) is 5.24. The molecule has 0 aliphatic carbocycles. The molecule has 33 heavy (non-hydrogen) atoms. The molecule has 0 radical (unpaired) electrons. The van der Waals surface area contributed by atoms with E-state index >= 15 is 0 Å². The molecule has 8 heteroatoms. The van der Waals surface area contributed by atoms with Crippen molar-refractivity contribution in [1.29, 1.82) is 0 Å². The van der Waals surface area contributed by atoms with Gasteiger partial charge in [-0.25, -0.2) is 0 Å². The van der Waals surface area contributed by atoms with Gasteiger partial charge in [0.1, 0.15) is 5.75 Å². The monoisotopic (exact) mass is 447 g/mol. The lowest BCUT2D eigenvalue weighted by Gasteiger charge is -2.26. The summed E-state index contributed by atoms with van der Waals surface area (Å²) in [7, 11) is 0. The zero-order valence-electron chi connectivity index (χ0n) is 18.1. The summed E-state index contributed by atoms with van der Waals surface area (Å²) in [6.45, 7) is 1.31. The average Bonchev–Trinajstić information content (AvgIpc) is 3.39. The van der Waals surface area contributed by atoms with Crippen LogP contribution in [0.15, 0.2) is 71.3 Å². The number of nitrogens with one attached hydrogen (secondary N) is 2. The molecule has 2 aromatic carbocycles. The number of piperidine rings is 1. The Balaban J connectivity index is 1.30. The van der Waals surface area contributed by atoms with Crippen LogP contribution in [-0.2, 0) is 4.79 Å². The number of nitrogens with zero attached hydrogens (tertiary/aromatic N) is 1. The molecule has 8 nitrogen and oxygen atoms in total. The fourth-order valence-electron chi connectivity index (χ4n) is 3.62. The number of hydrogen-bond donors (Lipinski definition) is 2. The highest BCUT2D eigenvalue weighted by molar-refractivity contribution is 6.02. The maximum Gasteiger partial charge on any atom is 0.291 e. The molecule has 1 aliphatic rings. The molecule has 2 heterocycles. The Labute approximate surface area is 191 Å². The molecule has 170 valence electrons. The molecule has 3 amide bonds. The third-order valence-electron chi connectivity index (χ3n) is 5.24. The normalized spacial score (nSPS) is 13.3. The first-order valence-electron chi connectivity index (χ1n) is 10.9. The number of hydrogen-bond acceptors (Lipinski definition) is 5. The van der Waals surface area contributed by atoms with Crippen LogP contribution in [0.4, 0.5) is 11.4 Å². The Hall–Kier alpha value is -4.07. The Morgan fingerprint density at radius 1 is 0.879 bits per heavy atom. The summed E-state index contributed by atoms with van der Waals surface area (Å²) in [6.07, 6.45) is 4.62. The van der Waals surface area contributed by atoms with Gasteiger partial charge >= 0.3 is 0 Å². The first-order valence-corrected chi connectivity index (χ1v) is 10.9. The Morgan fingerprint density at radius 2 is 1.64 bits per heavy atom. The molecule has 1 saturated heterocycles. The average molecular weight is 447 g/mol. The lowest BCUT2D eigenvalue weighted by Crippen LogP contribution is -2.35. The van der Waals surface area contributed by atoms with E-state index in [0.717, 1.165) is 32.4 Å². The number of carbonyl (C=O) groups is 3. The predicted molar refractivity (Wildman–Crippen MR) is 123 cm³/mol. The van der Waals surface area contributed by atoms with E-state index in [4.69, 9.17) is 9.15 Å². The molecular weight excluding hydrogens is 422 g/mol. The van der Waals surface area contributed by atoms with Crippen molar-refractivity contribution in [1.82, 2.24) is 4.90 Å². The van der Waals surface area contributed by atoms with Crippen molar-refractivity contribution in [2.45, 2.75) is 19.3 Å². The minimum absolute atomic E-state index is 0.0181. The van der Waals surface area contributed by atoms with Crippen LogP contribution in [0.25, 0.3) is 0 Å². The lowest BCUT2D eigenvalue weighted by molar-refractivity contribution is -0.118. The fourth-order valence-corrected chi connectivity index (χ4v) is 3.62. The van der Waals surface area contributed by atoms with Gasteiger partial charge < -0.3 is 24.7 Å². The summed E-state index contributed by atoms with van der Waals surface area (Å²) < 4.78 is 10.6. The quantitative estimate of drug-likeness (QED) is 0.566. The first-order chi connectivity index (χ1) is 16.1. The molecule has 0 spiro atoms. The number of anilines is 2. The maximum absolute atomic E-state index is 12.7. The van der Waals surface area contributed by atoms with Crippen molar-refractivity contribution < 1.29 is 23.5 Å². The van der Waals surface area contributed by atoms with Gasteiger partial charge in [0.05, 0.1) is 6.26 Å². The highest BCUT2D eigenvalue weighted by atomic mass is 16.5. The van der Waals surface area contributed by atoms with E-state index < -0.39 is 0 Å². The van der Waals surface area contributed by atoms with Crippen LogP contribution < -0.4 is 15.4 Å². The van der Waals surface area contributed by atoms with Gasteiger partial charge in [-0.15, -0.1) is 0 Å². The number of amides is 3. The highest BCUT2D eigenvalue weighted by Crippen LogP contribution is 2.19. The molecule has 2 N–H and O–H groups in total. The summed E-state index contributed by atoms with van der Waals surface area (Å²) in [4.78, 5) is 39.0. The molecule has 0 bridgehead atoms. The zero-order chi connectivity index (χ0) is 23.0. The van der Waals surface area contributed by atoms with Gasteiger partial charge in [0.25, 0.3) is 17.7 Å². The van der Waals surface area contributed by atoms with Gasteiger partial charge in [0.2, 0.25) is 0 Å². The van der Waals surface area contributed by atoms with Crippen LogP contribution in [0, 0.1) is 0 Å². The number of rotatable bonds is 7. The summed E-state index contributed by atoms with van der Waals surface area (Å²) in [5, 5.41) is 5.47. The number of likely N-dealkylation sites (tertiary alicyclic amines) is 1. The Morgan fingerprint density at radius 3 is 2.39 bits per heavy atom. The van der Waals surface area contributed by atoms with Gasteiger partial charge in [-0.2, -0.15) is 0 Å². The van der Waals surface area contributed by atoms with Crippen LogP contribution in [0.5, 0.6) is 5.75 Å². The number of carbonyl (C=O) groups excluding carboxylic acids is 3. The van der Waals surface area contributed by atoms with Crippen molar-refractivity contribution in [2.24, 2.45) is 0 Å². The van der Waals surface area contributed by atoms with Crippen LogP contribution in [0.3, 0.4) is 0 Å². The lowest BCUT2D eigenvalue weighted by atomic mass is 10.1. The molecule has 0 saturated carbocycles. The largest absolute Gasteiger partial charge is 0.484 e. The summed E-state index contributed by atoms with van der Waals surface area (Å²) in [5.41, 5.74) is 1.60. The number of ether oxygens (including phenoxy) is 1. The van der Waals surface area contributed by atoms with Gasteiger partial charge in [0, 0.05) is 36.1 Å². The van der Waals surface area contributed by atoms with E-state index in [-0.39, 0.29) is 30.1 Å². The predicted octanol–water partition coefficient (Wildman–Crippen LogP) is 4.18. The van der Waals surface area contributed by atoms with Crippen molar-refractivity contribution in [3.63, 3.8) is 0 Å². The van der Waals surface area contributed by atoms with E-state index in [9.17, 15) is 14.4 Å². The molecule has 0 unspecified atom stereocenters. The fraction of sp³-hybridized carbons (Fsp3) is 0.240. The van der Waals surface area contributed by atoms with E-state index in [1.165, 1.54) is 6.26 Å². The van der Waals surface area contributed by atoms with Crippen LogP contribution in [0.1, 0.15) is 40.2 Å². The molecule has 0 atom stereocenters. The molecule has 3 aromatic rings. The minimum Gasteiger partial charge on any atom is -0.484 e. The number of furan rings is 1. The van der Waals surface area contributed by atoms with Crippen molar-refractivity contribution >= 4 is 29.1 Å². The molecule has 1 aliphatic heterocycles. The van der Waals surface area contributed by atoms with E-state index in [2.05, 4.69) is 10.6 Å². The zero-order valence-corrected chi connectivity index (χ0v) is 18.1. The smallest absolute Gasteiger partial charge is 0.291 e. The Kier molecular flexibility index (Phi) is 7.04. The van der Waals surface area contributed by atoms with Crippen LogP contribution >= 0.6 is 0 Å². The third kappa shape index (κ3) is 6.00. The van der Waals surface area contributed by atoms with E-state index in [0.29, 0.717) is 22.7 Å². The topological polar surface area (TPSA) is 101 Å². The van der Waals surface area contributed by atoms with Crippen molar-refractivity contribution in [3.8, 4) is 5.75 Å². The summed E-state index contributed by atoms with van der Waals surface area (Å²) in [5.74, 6) is -0.134. The standard InChI is InChI=1S/C25H25N3O5/c29-23(26-19-8-4-7-18(15-19)25(31)28-12-2-1-3-13-28)17-33-21-10-5-9-20(16-21)27-24(30)22-11-6-14-32-22/h4-11,14-16H,1-3,12-13,17H2,(H,26,29)(H,27,30). The summed E-state index contributed by atoms with van der Waals surface area (Å²) >= 11 is 0. The second kappa shape index (κ2) is 10.5. The second-order valence-corrected chi connectivity index (χ2v) is 7.73.